The Morgan fingerprint density at radius 1 is 1.21 bits per heavy atom. The van der Waals surface area contributed by atoms with Crippen LogP contribution in [0.4, 0.5) is 0 Å². The fourth-order valence-electron chi connectivity index (χ4n) is 2.22. The average molecular weight is 266 g/mol. The second-order valence-corrected chi connectivity index (χ2v) is 4.83. The van der Waals surface area contributed by atoms with Gasteiger partial charge in [0.1, 0.15) is 6.10 Å². The molecule has 0 bridgehead atoms. The summed E-state index contributed by atoms with van der Waals surface area (Å²) in [6.07, 6.45) is 5.12. The van der Waals surface area contributed by atoms with Crippen LogP contribution in [0, 0.1) is 6.92 Å². The molecule has 0 amide bonds. The highest BCUT2D eigenvalue weighted by atomic mass is 17.2. The van der Waals surface area contributed by atoms with Gasteiger partial charge in [0.15, 0.2) is 11.5 Å². The van der Waals surface area contributed by atoms with E-state index in [1.165, 1.54) is 25.5 Å². The van der Waals surface area contributed by atoms with E-state index in [0.717, 1.165) is 25.7 Å². The molecule has 1 aliphatic rings. The second kappa shape index (κ2) is 5.93. The third-order valence-corrected chi connectivity index (χ3v) is 3.44. The Morgan fingerprint density at radius 3 is 2.58 bits per heavy atom. The first-order chi connectivity index (χ1) is 9.09. The van der Waals surface area contributed by atoms with Crippen LogP contribution >= 0.6 is 0 Å². The Hall–Kier alpha value is -1.75. The molecule has 0 aliphatic heterocycles. The van der Waals surface area contributed by atoms with Gasteiger partial charge in [0.05, 0.1) is 5.56 Å². The van der Waals surface area contributed by atoms with Gasteiger partial charge in [-0.2, -0.15) is 4.89 Å². The van der Waals surface area contributed by atoms with Gasteiger partial charge in [-0.15, -0.1) is 0 Å². The number of hydrogen-bond acceptors (Lipinski definition) is 5. The van der Waals surface area contributed by atoms with Gasteiger partial charge in [0.2, 0.25) is 0 Å². The maximum atomic E-state index is 11.8. The van der Waals surface area contributed by atoms with E-state index in [2.05, 4.69) is 0 Å². The molecule has 1 saturated carbocycles. The molecule has 1 fully saturated rings. The highest BCUT2D eigenvalue weighted by Crippen LogP contribution is 2.31. The average Bonchev–Trinajstić information content (AvgIpc) is 2.43. The van der Waals surface area contributed by atoms with Gasteiger partial charge in [0, 0.05) is 5.56 Å². The number of rotatable bonds is 3. The molecule has 5 nitrogen and oxygen atoms in total. The number of benzene rings is 1. The van der Waals surface area contributed by atoms with Crippen molar-refractivity contribution in [2.24, 2.45) is 0 Å². The molecule has 2 N–H and O–H groups in total. The molecule has 1 aliphatic carbocycles. The molecule has 19 heavy (non-hydrogen) atoms. The maximum Gasteiger partial charge on any atom is 0.373 e. The van der Waals surface area contributed by atoms with Gasteiger partial charge in [-0.3, -0.25) is 4.89 Å². The largest absolute Gasteiger partial charge is 0.504 e. The van der Waals surface area contributed by atoms with E-state index in [-0.39, 0.29) is 28.7 Å². The summed E-state index contributed by atoms with van der Waals surface area (Å²) in [6, 6.07) is 2.65. The molecule has 104 valence electrons. The molecule has 2 rings (SSSR count). The number of aromatic hydroxyl groups is 2. The normalized spacial score (nSPS) is 16.3. The lowest BCUT2D eigenvalue weighted by atomic mass is 9.98. The van der Waals surface area contributed by atoms with Crippen molar-refractivity contribution in [3.63, 3.8) is 0 Å². The predicted molar refractivity (Wildman–Crippen MR) is 67.9 cm³/mol. The third kappa shape index (κ3) is 3.17. The van der Waals surface area contributed by atoms with Crippen molar-refractivity contribution < 1.29 is 24.8 Å². The molecule has 0 radical (unpaired) electrons. The summed E-state index contributed by atoms with van der Waals surface area (Å²) in [4.78, 5) is 21.8. The summed E-state index contributed by atoms with van der Waals surface area (Å²) in [6.45, 7) is 1.53. The monoisotopic (exact) mass is 266 g/mol. The summed E-state index contributed by atoms with van der Waals surface area (Å²) in [5.74, 6) is -1.23. The Balaban J connectivity index is 1.98. The van der Waals surface area contributed by atoms with Crippen LogP contribution in [0.25, 0.3) is 0 Å². The molecular formula is C14H18O5. The van der Waals surface area contributed by atoms with Crippen molar-refractivity contribution in [1.82, 2.24) is 0 Å². The van der Waals surface area contributed by atoms with Gasteiger partial charge >= 0.3 is 5.97 Å². The minimum absolute atomic E-state index is 0.0382. The topological polar surface area (TPSA) is 76.0 Å². The van der Waals surface area contributed by atoms with Crippen LogP contribution in [-0.4, -0.2) is 22.3 Å². The number of carbonyl (C=O) groups is 1. The van der Waals surface area contributed by atoms with Gasteiger partial charge < -0.3 is 10.2 Å². The van der Waals surface area contributed by atoms with Gasteiger partial charge in [-0.05, 0) is 31.9 Å². The predicted octanol–water partition coefficient (Wildman–Crippen LogP) is 2.83. The van der Waals surface area contributed by atoms with Crippen molar-refractivity contribution >= 4 is 5.97 Å². The Kier molecular flexibility index (Phi) is 4.27. The summed E-state index contributed by atoms with van der Waals surface area (Å²) < 4.78 is 0. The molecule has 1 aromatic rings. The van der Waals surface area contributed by atoms with Crippen molar-refractivity contribution in [1.29, 1.82) is 0 Å². The Labute approximate surface area is 111 Å². The van der Waals surface area contributed by atoms with Crippen LogP contribution in [0.1, 0.15) is 48.0 Å². The lowest BCUT2D eigenvalue weighted by Gasteiger charge is -2.20. The van der Waals surface area contributed by atoms with E-state index < -0.39 is 5.97 Å². The van der Waals surface area contributed by atoms with Crippen LogP contribution in [0.5, 0.6) is 11.5 Å². The Morgan fingerprint density at radius 2 is 1.89 bits per heavy atom. The summed E-state index contributed by atoms with van der Waals surface area (Å²) in [5, 5.41) is 18.9. The molecule has 0 spiro atoms. The van der Waals surface area contributed by atoms with E-state index in [1.807, 2.05) is 0 Å². The van der Waals surface area contributed by atoms with Gasteiger partial charge in [0.25, 0.3) is 0 Å². The fraction of sp³-hybridized carbons (Fsp3) is 0.500. The van der Waals surface area contributed by atoms with Crippen LogP contribution < -0.4 is 0 Å². The molecule has 1 aromatic carbocycles. The second-order valence-electron chi connectivity index (χ2n) is 4.83. The number of phenols is 2. The summed E-state index contributed by atoms with van der Waals surface area (Å²) >= 11 is 0. The number of carbonyl (C=O) groups excluding carboxylic acids is 1. The zero-order valence-corrected chi connectivity index (χ0v) is 10.9. The minimum atomic E-state index is -0.654. The van der Waals surface area contributed by atoms with E-state index in [1.54, 1.807) is 0 Å². The van der Waals surface area contributed by atoms with Crippen molar-refractivity contribution in [3.8, 4) is 11.5 Å². The molecule has 0 aromatic heterocycles. The van der Waals surface area contributed by atoms with Crippen LogP contribution in [0.15, 0.2) is 12.1 Å². The first-order valence-corrected chi connectivity index (χ1v) is 6.49. The molecule has 5 heteroatoms. The lowest BCUT2D eigenvalue weighted by molar-refractivity contribution is -0.279. The molecule has 0 heterocycles. The van der Waals surface area contributed by atoms with Gasteiger partial charge in [-0.25, -0.2) is 4.79 Å². The highest BCUT2D eigenvalue weighted by Gasteiger charge is 2.20. The number of hydrogen-bond donors (Lipinski definition) is 2. The van der Waals surface area contributed by atoms with E-state index in [0.29, 0.717) is 0 Å². The first kappa shape index (κ1) is 13.7. The lowest BCUT2D eigenvalue weighted by Crippen LogP contribution is -2.19. The fourth-order valence-corrected chi connectivity index (χ4v) is 2.22. The number of phenolic OH excluding ortho intramolecular Hbond substituents is 2. The zero-order chi connectivity index (χ0) is 13.8. The van der Waals surface area contributed by atoms with E-state index in [4.69, 9.17) is 9.78 Å². The highest BCUT2D eigenvalue weighted by molar-refractivity contribution is 5.91. The first-order valence-electron chi connectivity index (χ1n) is 6.49. The van der Waals surface area contributed by atoms with Gasteiger partial charge in [-0.1, -0.05) is 19.3 Å². The van der Waals surface area contributed by atoms with Crippen molar-refractivity contribution in [3.05, 3.63) is 23.3 Å². The minimum Gasteiger partial charge on any atom is -0.504 e. The van der Waals surface area contributed by atoms with E-state index in [9.17, 15) is 15.0 Å². The van der Waals surface area contributed by atoms with Crippen molar-refractivity contribution in [2.75, 3.05) is 0 Å². The molecule has 0 saturated heterocycles. The SMILES string of the molecule is Cc1c(C(=O)OOC2CCCCC2)ccc(O)c1O. The van der Waals surface area contributed by atoms with Crippen LogP contribution in [0.3, 0.4) is 0 Å². The summed E-state index contributed by atoms with van der Waals surface area (Å²) in [7, 11) is 0. The molecular weight excluding hydrogens is 248 g/mol. The van der Waals surface area contributed by atoms with Crippen LogP contribution in [-0.2, 0) is 9.78 Å². The quantitative estimate of drug-likeness (QED) is 0.500. The smallest absolute Gasteiger partial charge is 0.373 e. The molecule has 0 atom stereocenters. The van der Waals surface area contributed by atoms with E-state index >= 15 is 0 Å². The molecule has 0 unspecified atom stereocenters. The maximum absolute atomic E-state index is 11.8. The van der Waals surface area contributed by atoms with Crippen LogP contribution in [0.2, 0.25) is 0 Å². The standard InChI is InChI=1S/C14H18O5/c1-9-11(7-8-12(15)13(9)16)14(17)19-18-10-5-3-2-4-6-10/h7-8,10,15-16H,2-6H2,1H3. The third-order valence-electron chi connectivity index (χ3n) is 3.44. The Bertz CT molecular complexity index is 463. The zero-order valence-electron chi connectivity index (χ0n) is 10.9. The van der Waals surface area contributed by atoms with Crippen molar-refractivity contribution in [2.45, 2.75) is 45.1 Å². The summed E-state index contributed by atoms with van der Waals surface area (Å²) in [5.41, 5.74) is 0.461.